The van der Waals surface area contributed by atoms with Gasteiger partial charge in [-0.25, -0.2) is 4.68 Å². The molecule has 0 aliphatic carbocycles. The van der Waals surface area contributed by atoms with Gasteiger partial charge in [0.2, 0.25) is 17.7 Å². The number of nitrogens with zero attached hydrogens (tertiary/aromatic N) is 4. The van der Waals surface area contributed by atoms with Crippen LogP contribution in [0.25, 0.3) is 11.0 Å². The summed E-state index contributed by atoms with van der Waals surface area (Å²) in [5.41, 5.74) is 2.21. The fraction of sp³-hybridized carbons (Fsp3) is 0.423. The average Bonchev–Trinajstić information content (AvgIpc) is 3.65. The van der Waals surface area contributed by atoms with Crippen LogP contribution in [0.5, 0.6) is 0 Å². The van der Waals surface area contributed by atoms with Gasteiger partial charge in [-0.15, -0.1) is 16.9 Å². The number of fused-ring (bicyclic) bond motifs is 2. The van der Waals surface area contributed by atoms with Crippen LogP contribution in [0.1, 0.15) is 18.0 Å². The van der Waals surface area contributed by atoms with Crippen molar-refractivity contribution in [3.8, 4) is 0 Å². The number of hydrogen-bond acceptors (Lipinski definition) is 7. The lowest BCUT2D eigenvalue weighted by Gasteiger charge is -2.37. The highest BCUT2D eigenvalue weighted by molar-refractivity contribution is 9.09. The second kappa shape index (κ2) is 9.65. The molecule has 10 nitrogen and oxygen atoms in total. The molecule has 3 amide bonds. The summed E-state index contributed by atoms with van der Waals surface area (Å²) in [7, 11) is 1.57. The number of hydrogen-bond donors (Lipinski definition) is 3. The minimum Gasteiger partial charge on any atom is -0.394 e. The van der Waals surface area contributed by atoms with E-state index in [1.165, 1.54) is 4.90 Å². The third-order valence-electron chi connectivity index (χ3n) is 8.04. The number of aliphatic hydroxyl groups excluding tert-OH is 1. The van der Waals surface area contributed by atoms with E-state index in [1.54, 1.807) is 23.5 Å². The Morgan fingerprint density at radius 1 is 1.18 bits per heavy atom. The first kappa shape index (κ1) is 25.3. The molecule has 12 heteroatoms. The topological polar surface area (TPSA) is 129 Å². The zero-order valence-electron chi connectivity index (χ0n) is 20.5. The molecule has 38 heavy (non-hydrogen) atoms. The molecule has 198 valence electrons. The number of carbonyl (C=O) groups excluding carboxylic acids is 3. The van der Waals surface area contributed by atoms with Gasteiger partial charge in [0.25, 0.3) is 0 Å². The molecule has 7 atom stereocenters. The van der Waals surface area contributed by atoms with Crippen molar-refractivity contribution in [1.82, 2.24) is 30.5 Å². The van der Waals surface area contributed by atoms with Gasteiger partial charge in [-0.3, -0.25) is 14.4 Å². The van der Waals surface area contributed by atoms with E-state index < -0.39 is 28.7 Å². The number of carbonyl (C=O) groups is 3. The van der Waals surface area contributed by atoms with Crippen molar-refractivity contribution in [1.29, 1.82) is 0 Å². The van der Waals surface area contributed by atoms with Crippen molar-refractivity contribution in [2.45, 2.75) is 40.0 Å². The monoisotopic (exact) mass is 598 g/mol. The second-order valence-electron chi connectivity index (χ2n) is 9.91. The Labute approximate surface area is 231 Å². The molecule has 3 unspecified atom stereocenters. The lowest BCUT2D eigenvalue weighted by Crippen LogP contribution is -2.55. The van der Waals surface area contributed by atoms with E-state index in [2.05, 4.69) is 36.9 Å². The third-order valence-corrected chi connectivity index (χ3v) is 11.3. The Balaban J connectivity index is 1.40. The molecule has 3 aliphatic heterocycles. The molecule has 3 aliphatic rings. The van der Waals surface area contributed by atoms with Gasteiger partial charge in [0.05, 0.1) is 34.7 Å². The van der Waals surface area contributed by atoms with Crippen LogP contribution in [-0.4, -0.2) is 77.2 Å². The highest BCUT2D eigenvalue weighted by Crippen LogP contribution is 2.68. The van der Waals surface area contributed by atoms with Crippen LogP contribution in [0.2, 0.25) is 0 Å². The summed E-state index contributed by atoms with van der Waals surface area (Å²) in [6, 6.07) is 15.0. The van der Waals surface area contributed by atoms with Gasteiger partial charge >= 0.3 is 0 Å². The molecule has 3 N–H and O–H groups in total. The predicted octanol–water partition coefficient (Wildman–Crippen LogP) is 1.45. The Morgan fingerprint density at radius 2 is 1.92 bits per heavy atom. The van der Waals surface area contributed by atoms with Crippen LogP contribution in [0.3, 0.4) is 0 Å². The van der Waals surface area contributed by atoms with Gasteiger partial charge in [0.1, 0.15) is 18.2 Å². The van der Waals surface area contributed by atoms with Gasteiger partial charge in [-0.1, -0.05) is 63.6 Å². The van der Waals surface area contributed by atoms with Crippen molar-refractivity contribution >= 4 is 56.4 Å². The number of para-hydroxylation sites is 1. The van der Waals surface area contributed by atoms with E-state index in [-0.39, 0.29) is 41.1 Å². The number of thioether (sulfide) groups is 1. The van der Waals surface area contributed by atoms with Crippen molar-refractivity contribution in [2.75, 3.05) is 13.7 Å². The predicted molar refractivity (Wildman–Crippen MR) is 145 cm³/mol. The van der Waals surface area contributed by atoms with Crippen molar-refractivity contribution in [2.24, 2.45) is 11.8 Å². The Kier molecular flexibility index (Phi) is 6.43. The first-order valence-electron chi connectivity index (χ1n) is 12.5. The molecule has 1 spiro atoms. The summed E-state index contributed by atoms with van der Waals surface area (Å²) in [5, 5.41) is 24.4. The van der Waals surface area contributed by atoms with Crippen LogP contribution in [-0.2, 0) is 21.1 Å². The van der Waals surface area contributed by atoms with E-state index in [0.29, 0.717) is 11.9 Å². The number of nitrogens with one attached hydrogen (secondary N) is 2. The molecule has 2 bridgehead atoms. The average molecular weight is 600 g/mol. The molecule has 4 heterocycles. The number of amides is 3. The van der Waals surface area contributed by atoms with Crippen LogP contribution in [0.15, 0.2) is 54.6 Å². The number of benzene rings is 2. The van der Waals surface area contributed by atoms with Crippen molar-refractivity contribution in [3.05, 3.63) is 60.2 Å². The number of halogens is 1. The molecule has 6 rings (SSSR count). The van der Waals surface area contributed by atoms with Crippen LogP contribution < -0.4 is 10.6 Å². The van der Waals surface area contributed by atoms with E-state index in [0.717, 1.165) is 11.1 Å². The molecule has 3 fully saturated rings. The number of rotatable bonds is 7. The smallest absolute Gasteiger partial charge is 0.245 e. The fourth-order valence-electron chi connectivity index (χ4n) is 6.48. The molecular weight excluding hydrogens is 572 g/mol. The first-order valence-corrected chi connectivity index (χ1v) is 14.3. The molecule has 0 saturated carbocycles. The molecule has 0 radical (unpaired) electrons. The molecule has 1 aromatic heterocycles. The maximum atomic E-state index is 14.2. The Hall–Kier alpha value is -2.96. The summed E-state index contributed by atoms with van der Waals surface area (Å²) in [6.07, 6.45) is 0.556. The lowest BCUT2D eigenvalue weighted by atomic mass is 9.70. The van der Waals surface area contributed by atoms with E-state index in [4.69, 9.17) is 0 Å². The fourth-order valence-corrected chi connectivity index (χ4v) is 10.1. The van der Waals surface area contributed by atoms with Gasteiger partial charge < -0.3 is 20.6 Å². The van der Waals surface area contributed by atoms with Gasteiger partial charge in [-0.05, 0) is 24.1 Å². The number of aliphatic hydroxyl groups is 1. The van der Waals surface area contributed by atoms with Crippen molar-refractivity contribution < 1.29 is 19.5 Å². The van der Waals surface area contributed by atoms with E-state index in [1.807, 2.05) is 54.6 Å². The number of aromatic nitrogens is 3. The second-order valence-corrected chi connectivity index (χ2v) is 12.6. The lowest BCUT2D eigenvalue weighted by molar-refractivity contribution is -0.143. The quantitative estimate of drug-likeness (QED) is 0.351. The van der Waals surface area contributed by atoms with Crippen LogP contribution in [0.4, 0.5) is 0 Å². The zero-order valence-corrected chi connectivity index (χ0v) is 22.9. The zero-order chi connectivity index (χ0) is 26.6. The minimum absolute atomic E-state index is 0.0299. The van der Waals surface area contributed by atoms with E-state index >= 15 is 0 Å². The summed E-state index contributed by atoms with van der Waals surface area (Å²) in [5.74, 6) is -2.08. The van der Waals surface area contributed by atoms with E-state index in [9.17, 15) is 19.5 Å². The number of likely N-dealkylation sites (tertiary alicyclic amines) is 1. The highest BCUT2D eigenvalue weighted by atomic mass is 79.9. The van der Waals surface area contributed by atoms with Crippen molar-refractivity contribution in [3.63, 3.8) is 0 Å². The minimum atomic E-state index is -0.892. The summed E-state index contributed by atoms with van der Waals surface area (Å²) in [6.45, 7) is -0.287. The van der Waals surface area contributed by atoms with Crippen LogP contribution >= 0.6 is 27.7 Å². The largest absolute Gasteiger partial charge is 0.394 e. The Bertz CT molecular complexity index is 1400. The SMILES string of the molecule is CNC(=O)[C@H]1[C@H]2C(=O)N([C@H](CO)c3ccccc3)C(C(=O)NCn3nnc4ccccc43)C23CC(Br)[C@@H]1S3. The maximum absolute atomic E-state index is 14.2. The molecular formula is C26H27BrN6O4S. The molecule has 3 aromatic rings. The van der Waals surface area contributed by atoms with Gasteiger partial charge in [0, 0.05) is 17.1 Å². The van der Waals surface area contributed by atoms with Gasteiger partial charge in [0.15, 0.2) is 0 Å². The summed E-state index contributed by atoms with van der Waals surface area (Å²) >= 11 is 5.30. The standard InChI is InChI=1S/C26H27BrN6O4S/c1-28-23(35)19-20-25(37)33(18(12-34)14-7-3-2-4-8-14)22(26(20)11-15(27)21(19)38-26)24(36)29-13-32-17-10-6-5-9-16(17)30-31-32/h2-10,15,18-22,34H,11-13H2,1H3,(H,28,35)(H,29,36)/t15?,18-,19+,20+,21+,22?,26?/m1/s1. The first-order chi connectivity index (χ1) is 18.4. The normalized spacial score (nSPS) is 30.4. The summed E-state index contributed by atoms with van der Waals surface area (Å²) in [4.78, 5) is 42.8. The van der Waals surface area contributed by atoms with Crippen LogP contribution in [0, 0.1) is 11.8 Å². The molecule has 2 aromatic carbocycles. The van der Waals surface area contributed by atoms with Gasteiger partial charge in [-0.2, -0.15) is 0 Å². The Morgan fingerprint density at radius 3 is 2.66 bits per heavy atom. The number of alkyl halides is 1. The molecule has 3 saturated heterocycles. The maximum Gasteiger partial charge on any atom is 0.245 e. The highest BCUT2D eigenvalue weighted by Gasteiger charge is 2.76. The summed E-state index contributed by atoms with van der Waals surface area (Å²) < 4.78 is 0.786. The third kappa shape index (κ3) is 3.68.